The molecule has 0 aliphatic carbocycles. The molecule has 1 amide bonds. The Morgan fingerprint density at radius 3 is 2.69 bits per heavy atom. The second-order valence-electron chi connectivity index (χ2n) is 7.26. The lowest BCUT2D eigenvalue weighted by Gasteiger charge is -2.31. The summed E-state index contributed by atoms with van der Waals surface area (Å²) in [5.41, 5.74) is 2.38. The summed E-state index contributed by atoms with van der Waals surface area (Å²) in [6.07, 6.45) is 1.85. The van der Waals surface area contributed by atoms with Crippen molar-refractivity contribution in [3.8, 4) is 0 Å². The molecule has 3 rings (SSSR count). The minimum Gasteiger partial charge on any atom is -0.355 e. The Hall–Kier alpha value is -0.720. The van der Waals surface area contributed by atoms with Gasteiger partial charge in [0.15, 0.2) is 0 Å². The molecule has 1 N–H and O–H groups in total. The number of nitrogens with one attached hydrogen (secondary N) is 1. The van der Waals surface area contributed by atoms with Crippen molar-refractivity contribution in [3.05, 3.63) is 68.1 Å². The van der Waals surface area contributed by atoms with Crippen LogP contribution < -0.4 is 5.32 Å². The lowest BCUT2D eigenvalue weighted by molar-refractivity contribution is -0.126. The first-order valence-corrected chi connectivity index (χ1v) is 12.5. The van der Waals surface area contributed by atoms with E-state index in [0.717, 1.165) is 54.0 Å². The molecule has 1 saturated heterocycles. The van der Waals surface area contributed by atoms with Crippen molar-refractivity contribution in [2.75, 3.05) is 25.4 Å². The zero-order valence-corrected chi connectivity index (χ0v) is 20.1. The number of piperidine rings is 1. The van der Waals surface area contributed by atoms with Crippen molar-refractivity contribution < 1.29 is 4.79 Å². The van der Waals surface area contributed by atoms with E-state index in [0.29, 0.717) is 16.6 Å². The Morgan fingerprint density at radius 1 is 1.17 bits per heavy atom. The summed E-state index contributed by atoms with van der Waals surface area (Å²) in [5.74, 6) is 2.01. The van der Waals surface area contributed by atoms with Gasteiger partial charge in [0.1, 0.15) is 0 Å². The molecular formula is C22H25BrCl2N2OS. The van der Waals surface area contributed by atoms with Gasteiger partial charge < -0.3 is 5.32 Å². The van der Waals surface area contributed by atoms with Crippen LogP contribution in [-0.4, -0.2) is 36.2 Å². The maximum Gasteiger partial charge on any atom is 0.223 e. The van der Waals surface area contributed by atoms with E-state index in [1.807, 2.05) is 18.2 Å². The molecule has 1 fully saturated rings. The van der Waals surface area contributed by atoms with E-state index in [9.17, 15) is 4.79 Å². The number of carbonyl (C=O) groups is 1. The van der Waals surface area contributed by atoms with Crippen molar-refractivity contribution in [3.63, 3.8) is 0 Å². The molecule has 0 radical (unpaired) electrons. The standard InChI is InChI=1S/C22H25BrCl2N2OS/c23-19-3-1-2-16(12-19)14-27-9-6-17(7-10-27)22(28)26-8-11-29-15-18-4-5-20(24)13-21(18)25/h1-5,12-13,17H,6-11,14-15H2,(H,26,28). The van der Waals surface area contributed by atoms with Gasteiger partial charge >= 0.3 is 0 Å². The Balaban J connectivity index is 1.31. The number of nitrogens with zero attached hydrogens (tertiary/aromatic N) is 1. The molecule has 0 unspecified atom stereocenters. The predicted octanol–water partition coefficient (Wildman–Crippen LogP) is 6.02. The number of halogens is 3. The molecule has 3 nitrogen and oxygen atoms in total. The summed E-state index contributed by atoms with van der Waals surface area (Å²) in [6.45, 7) is 3.56. The van der Waals surface area contributed by atoms with E-state index >= 15 is 0 Å². The van der Waals surface area contributed by atoms with Crippen LogP contribution in [0.25, 0.3) is 0 Å². The van der Waals surface area contributed by atoms with E-state index in [-0.39, 0.29) is 11.8 Å². The van der Waals surface area contributed by atoms with Crippen molar-refractivity contribution in [1.82, 2.24) is 10.2 Å². The summed E-state index contributed by atoms with van der Waals surface area (Å²) < 4.78 is 1.11. The average Bonchev–Trinajstić information content (AvgIpc) is 2.69. The van der Waals surface area contributed by atoms with Crippen molar-refractivity contribution >= 4 is 56.8 Å². The van der Waals surface area contributed by atoms with Crippen LogP contribution in [0, 0.1) is 5.92 Å². The van der Waals surface area contributed by atoms with Gasteiger partial charge in [0.25, 0.3) is 0 Å². The highest BCUT2D eigenvalue weighted by atomic mass is 79.9. The third-order valence-corrected chi connectivity index (χ3v) is 7.16. The van der Waals surface area contributed by atoms with Crippen LogP contribution >= 0.6 is 50.9 Å². The van der Waals surface area contributed by atoms with E-state index in [1.54, 1.807) is 17.8 Å². The number of hydrogen-bond donors (Lipinski definition) is 1. The van der Waals surface area contributed by atoms with Gasteiger partial charge in [0.2, 0.25) is 5.91 Å². The summed E-state index contributed by atoms with van der Waals surface area (Å²) in [4.78, 5) is 14.9. The summed E-state index contributed by atoms with van der Waals surface area (Å²) in [6, 6.07) is 14.0. The fraction of sp³-hybridized carbons (Fsp3) is 0.409. The number of amides is 1. The molecule has 156 valence electrons. The lowest BCUT2D eigenvalue weighted by atomic mass is 9.95. The van der Waals surface area contributed by atoms with Crippen molar-refractivity contribution in [2.24, 2.45) is 5.92 Å². The van der Waals surface area contributed by atoms with E-state index in [4.69, 9.17) is 23.2 Å². The summed E-state index contributed by atoms with van der Waals surface area (Å²) >= 11 is 17.4. The van der Waals surface area contributed by atoms with Gasteiger partial charge in [-0.15, -0.1) is 0 Å². The minimum absolute atomic E-state index is 0.129. The van der Waals surface area contributed by atoms with Crippen LogP contribution in [0.5, 0.6) is 0 Å². The van der Waals surface area contributed by atoms with Crippen LogP contribution in [0.3, 0.4) is 0 Å². The number of likely N-dealkylation sites (tertiary alicyclic amines) is 1. The maximum absolute atomic E-state index is 12.5. The molecule has 2 aromatic carbocycles. The quantitative estimate of drug-likeness (QED) is 0.436. The van der Waals surface area contributed by atoms with Gasteiger partial charge in [-0.2, -0.15) is 11.8 Å². The highest BCUT2D eigenvalue weighted by Crippen LogP contribution is 2.25. The third-order valence-electron chi connectivity index (χ3n) is 5.07. The Morgan fingerprint density at radius 2 is 1.97 bits per heavy atom. The molecule has 1 aliphatic heterocycles. The van der Waals surface area contributed by atoms with Crippen molar-refractivity contribution in [2.45, 2.75) is 25.1 Å². The number of rotatable bonds is 8. The first-order chi connectivity index (χ1) is 14.0. The van der Waals surface area contributed by atoms with Crippen molar-refractivity contribution in [1.29, 1.82) is 0 Å². The molecule has 0 saturated carbocycles. The molecule has 0 atom stereocenters. The number of carbonyl (C=O) groups excluding carboxylic acids is 1. The van der Waals surface area contributed by atoms with Gasteiger partial charge in [-0.1, -0.05) is 57.3 Å². The fourth-order valence-electron chi connectivity index (χ4n) is 3.46. The summed E-state index contributed by atoms with van der Waals surface area (Å²) in [5, 5.41) is 4.45. The smallest absolute Gasteiger partial charge is 0.223 e. The third kappa shape index (κ3) is 7.48. The fourth-order valence-corrected chi connectivity index (χ4v) is 5.32. The largest absolute Gasteiger partial charge is 0.355 e. The number of thioether (sulfide) groups is 1. The van der Waals surface area contributed by atoms with Crippen LogP contribution in [0.2, 0.25) is 10.0 Å². The number of benzene rings is 2. The Labute approximate surface area is 195 Å². The van der Waals surface area contributed by atoms with Crippen LogP contribution in [0.1, 0.15) is 24.0 Å². The van der Waals surface area contributed by atoms with Crippen LogP contribution in [-0.2, 0) is 17.1 Å². The predicted molar refractivity (Wildman–Crippen MR) is 128 cm³/mol. The first kappa shape index (κ1) is 23.0. The highest BCUT2D eigenvalue weighted by Gasteiger charge is 2.24. The molecule has 1 heterocycles. The zero-order chi connectivity index (χ0) is 20.6. The Bertz CT molecular complexity index is 828. The van der Waals surface area contributed by atoms with E-state index < -0.39 is 0 Å². The molecule has 0 spiro atoms. The summed E-state index contributed by atoms with van der Waals surface area (Å²) in [7, 11) is 0. The van der Waals surface area contributed by atoms with Gasteiger partial charge in [0.05, 0.1) is 0 Å². The van der Waals surface area contributed by atoms with Gasteiger partial charge in [-0.25, -0.2) is 0 Å². The normalized spacial score (nSPS) is 15.4. The molecule has 2 aromatic rings. The van der Waals surface area contributed by atoms with Gasteiger partial charge in [-0.3, -0.25) is 9.69 Å². The highest BCUT2D eigenvalue weighted by molar-refractivity contribution is 9.10. The van der Waals surface area contributed by atoms with Gasteiger partial charge in [0, 0.05) is 45.0 Å². The van der Waals surface area contributed by atoms with Crippen LogP contribution in [0.4, 0.5) is 0 Å². The zero-order valence-electron chi connectivity index (χ0n) is 16.2. The monoisotopic (exact) mass is 514 g/mol. The molecule has 1 aliphatic rings. The molecular weight excluding hydrogens is 491 g/mol. The maximum atomic E-state index is 12.5. The lowest BCUT2D eigenvalue weighted by Crippen LogP contribution is -2.40. The van der Waals surface area contributed by atoms with E-state index in [1.165, 1.54) is 5.56 Å². The number of hydrogen-bond acceptors (Lipinski definition) is 3. The van der Waals surface area contributed by atoms with Gasteiger partial charge in [-0.05, 0) is 61.3 Å². The second-order valence-corrected chi connectivity index (χ2v) is 10.1. The molecule has 0 bridgehead atoms. The SMILES string of the molecule is O=C(NCCSCc1ccc(Cl)cc1Cl)C1CCN(Cc2cccc(Br)c2)CC1. The molecule has 29 heavy (non-hydrogen) atoms. The van der Waals surface area contributed by atoms with Crippen LogP contribution in [0.15, 0.2) is 46.9 Å². The van der Waals surface area contributed by atoms with E-state index in [2.05, 4.69) is 44.3 Å². The average molecular weight is 516 g/mol. The second kappa shape index (κ2) is 11.6. The molecule has 0 aromatic heterocycles. The first-order valence-electron chi connectivity index (χ1n) is 9.77. The Kier molecular flexibility index (Phi) is 9.19. The minimum atomic E-state index is 0.129. The topological polar surface area (TPSA) is 32.3 Å². The molecule has 7 heteroatoms.